The van der Waals surface area contributed by atoms with Gasteiger partial charge in [0.1, 0.15) is 5.01 Å². The first-order chi connectivity index (χ1) is 11.4. The highest BCUT2D eigenvalue weighted by molar-refractivity contribution is 7.80. The Hall–Kier alpha value is -1.98. The first kappa shape index (κ1) is 16.9. The predicted octanol–water partition coefficient (Wildman–Crippen LogP) is 5.30. The summed E-state index contributed by atoms with van der Waals surface area (Å²) in [6.07, 6.45) is 0. The Bertz CT molecular complexity index is 832. The van der Waals surface area contributed by atoms with Gasteiger partial charge in [-0.25, -0.2) is 4.98 Å². The number of hydrogen-bond acceptors (Lipinski definition) is 3. The van der Waals surface area contributed by atoms with Crippen molar-refractivity contribution in [2.45, 2.75) is 26.8 Å². The quantitative estimate of drug-likeness (QED) is 0.645. The third-order valence-corrected chi connectivity index (χ3v) is 5.64. The number of nitrogens with zero attached hydrogens (tertiary/aromatic N) is 2. The van der Waals surface area contributed by atoms with Gasteiger partial charge >= 0.3 is 0 Å². The maximum absolute atomic E-state index is 5.59. The number of thiazole rings is 1. The molecule has 0 saturated heterocycles. The van der Waals surface area contributed by atoms with Crippen molar-refractivity contribution in [2.75, 3.05) is 12.4 Å². The first-order valence-electron chi connectivity index (χ1n) is 7.91. The Morgan fingerprint density at radius 1 is 1.17 bits per heavy atom. The summed E-state index contributed by atoms with van der Waals surface area (Å²) in [5.74, 6) is 0. The SMILES string of the molecule is Cc1cc(C)cc(NC(=S)N(C)[C@@H](C)c2nc3ccccc3s2)c1. The molecule has 0 aliphatic rings. The zero-order chi connectivity index (χ0) is 17.3. The topological polar surface area (TPSA) is 28.2 Å². The predicted molar refractivity (Wildman–Crippen MR) is 108 cm³/mol. The molecule has 3 rings (SSSR count). The summed E-state index contributed by atoms with van der Waals surface area (Å²) < 4.78 is 1.21. The van der Waals surface area contributed by atoms with Crippen molar-refractivity contribution in [2.24, 2.45) is 0 Å². The van der Waals surface area contributed by atoms with Gasteiger partial charge in [0.15, 0.2) is 5.11 Å². The van der Waals surface area contributed by atoms with Crippen molar-refractivity contribution >= 4 is 44.6 Å². The molecule has 2 aromatic carbocycles. The van der Waals surface area contributed by atoms with Crippen LogP contribution in [-0.4, -0.2) is 22.0 Å². The lowest BCUT2D eigenvalue weighted by Crippen LogP contribution is -2.33. The van der Waals surface area contributed by atoms with E-state index in [2.05, 4.69) is 55.3 Å². The zero-order valence-electron chi connectivity index (χ0n) is 14.3. The van der Waals surface area contributed by atoms with Gasteiger partial charge in [0.2, 0.25) is 0 Å². The summed E-state index contributed by atoms with van der Waals surface area (Å²) in [5, 5.41) is 5.12. The molecule has 0 fully saturated rings. The largest absolute Gasteiger partial charge is 0.343 e. The van der Waals surface area contributed by atoms with Crippen LogP contribution in [0.3, 0.4) is 0 Å². The van der Waals surface area contributed by atoms with Crippen LogP contribution in [0.25, 0.3) is 10.2 Å². The average Bonchev–Trinajstić information content (AvgIpc) is 2.96. The minimum absolute atomic E-state index is 0.119. The molecule has 1 heterocycles. The number of fused-ring (bicyclic) bond motifs is 1. The molecule has 5 heteroatoms. The Kier molecular flexibility index (Phi) is 4.83. The average molecular weight is 356 g/mol. The number of hydrogen-bond donors (Lipinski definition) is 1. The summed E-state index contributed by atoms with van der Waals surface area (Å²) in [4.78, 5) is 6.80. The van der Waals surface area contributed by atoms with E-state index in [4.69, 9.17) is 17.2 Å². The third-order valence-electron chi connectivity index (χ3n) is 4.04. The van der Waals surface area contributed by atoms with Gasteiger partial charge in [-0.2, -0.15) is 0 Å². The van der Waals surface area contributed by atoms with Gasteiger partial charge in [-0.1, -0.05) is 18.2 Å². The van der Waals surface area contributed by atoms with Crippen molar-refractivity contribution in [3.05, 3.63) is 58.6 Å². The fourth-order valence-corrected chi connectivity index (χ4v) is 4.01. The van der Waals surface area contributed by atoms with Crippen LogP contribution in [0.2, 0.25) is 0 Å². The molecule has 0 radical (unpaired) electrons. The molecular weight excluding hydrogens is 334 g/mol. The maximum atomic E-state index is 5.59. The lowest BCUT2D eigenvalue weighted by molar-refractivity contribution is 0.407. The van der Waals surface area contributed by atoms with E-state index < -0.39 is 0 Å². The highest BCUT2D eigenvalue weighted by Gasteiger charge is 2.18. The number of para-hydroxylation sites is 1. The Morgan fingerprint density at radius 3 is 2.50 bits per heavy atom. The lowest BCUT2D eigenvalue weighted by Gasteiger charge is -2.26. The van der Waals surface area contributed by atoms with Crippen LogP contribution in [0.1, 0.15) is 29.1 Å². The summed E-state index contributed by atoms with van der Waals surface area (Å²) >= 11 is 7.32. The number of benzene rings is 2. The lowest BCUT2D eigenvalue weighted by atomic mass is 10.1. The normalized spacial score (nSPS) is 12.2. The fourth-order valence-electron chi connectivity index (χ4n) is 2.67. The summed E-state index contributed by atoms with van der Waals surface area (Å²) in [6, 6.07) is 14.7. The molecule has 0 aliphatic carbocycles. The third kappa shape index (κ3) is 3.57. The number of aromatic nitrogens is 1. The smallest absolute Gasteiger partial charge is 0.173 e. The van der Waals surface area contributed by atoms with E-state index in [1.807, 2.05) is 25.2 Å². The van der Waals surface area contributed by atoms with E-state index in [-0.39, 0.29) is 6.04 Å². The Morgan fingerprint density at radius 2 is 1.83 bits per heavy atom. The number of thiocarbonyl (C=S) groups is 1. The summed E-state index contributed by atoms with van der Waals surface area (Å²) in [6.45, 7) is 6.32. The highest BCUT2D eigenvalue weighted by Crippen LogP contribution is 2.29. The van der Waals surface area contributed by atoms with Crippen LogP contribution >= 0.6 is 23.6 Å². The Balaban J connectivity index is 1.76. The second-order valence-corrected chi connectivity index (χ2v) is 7.56. The van der Waals surface area contributed by atoms with Gasteiger partial charge in [-0.05, 0) is 68.4 Å². The summed E-state index contributed by atoms with van der Waals surface area (Å²) in [5.41, 5.74) is 4.52. The van der Waals surface area contributed by atoms with Crippen LogP contribution in [0.15, 0.2) is 42.5 Å². The van der Waals surface area contributed by atoms with Crippen molar-refractivity contribution < 1.29 is 0 Å². The van der Waals surface area contributed by atoms with Gasteiger partial charge in [0.05, 0.1) is 16.3 Å². The van der Waals surface area contributed by atoms with E-state index in [0.29, 0.717) is 5.11 Å². The van der Waals surface area contributed by atoms with Crippen molar-refractivity contribution in [3.8, 4) is 0 Å². The number of anilines is 1. The number of rotatable bonds is 3. The molecule has 3 nitrogen and oxygen atoms in total. The van der Waals surface area contributed by atoms with Gasteiger partial charge < -0.3 is 10.2 Å². The molecule has 0 unspecified atom stereocenters. The van der Waals surface area contributed by atoms with E-state index in [1.54, 1.807) is 11.3 Å². The van der Waals surface area contributed by atoms with E-state index in [9.17, 15) is 0 Å². The van der Waals surface area contributed by atoms with E-state index >= 15 is 0 Å². The highest BCUT2D eigenvalue weighted by atomic mass is 32.1. The molecule has 0 spiro atoms. The van der Waals surface area contributed by atoms with Crippen LogP contribution < -0.4 is 5.32 Å². The molecule has 1 N–H and O–H groups in total. The standard InChI is InChI=1S/C19H21N3S2/c1-12-9-13(2)11-15(10-12)20-19(23)22(4)14(3)18-21-16-7-5-6-8-17(16)24-18/h5-11,14H,1-4H3,(H,20,23)/t14-/m0/s1. The molecule has 1 atom stereocenters. The van der Waals surface area contributed by atoms with Crippen molar-refractivity contribution in [1.29, 1.82) is 0 Å². The summed E-state index contributed by atoms with van der Waals surface area (Å²) in [7, 11) is 2.01. The van der Waals surface area contributed by atoms with Crippen LogP contribution in [0.4, 0.5) is 5.69 Å². The monoisotopic (exact) mass is 355 g/mol. The molecule has 0 amide bonds. The maximum Gasteiger partial charge on any atom is 0.173 e. The fraction of sp³-hybridized carbons (Fsp3) is 0.263. The molecular formula is C19H21N3S2. The molecule has 124 valence electrons. The first-order valence-corrected chi connectivity index (χ1v) is 9.14. The Labute approximate surface area is 152 Å². The van der Waals surface area contributed by atoms with Crippen LogP contribution in [0.5, 0.6) is 0 Å². The second-order valence-electron chi connectivity index (χ2n) is 6.11. The van der Waals surface area contributed by atoms with Gasteiger partial charge in [0, 0.05) is 12.7 Å². The molecule has 0 aliphatic heterocycles. The second kappa shape index (κ2) is 6.87. The van der Waals surface area contributed by atoms with Crippen LogP contribution in [-0.2, 0) is 0 Å². The molecule has 0 bridgehead atoms. The van der Waals surface area contributed by atoms with E-state index in [0.717, 1.165) is 16.2 Å². The van der Waals surface area contributed by atoms with Gasteiger partial charge in [0.25, 0.3) is 0 Å². The number of nitrogens with one attached hydrogen (secondary N) is 1. The molecule has 24 heavy (non-hydrogen) atoms. The van der Waals surface area contributed by atoms with Crippen molar-refractivity contribution in [3.63, 3.8) is 0 Å². The van der Waals surface area contributed by atoms with Crippen molar-refractivity contribution in [1.82, 2.24) is 9.88 Å². The molecule has 0 saturated carbocycles. The van der Waals surface area contributed by atoms with Gasteiger partial charge in [-0.15, -0.1) is 11.3 Å². The molecule has 3 aromatic rings. The zero-order valence-corrected chi connectivity index (χ0v) is 16.0. The minimum atomic E-state index is 0.119. The van der Waals surface area contributed by atoms with Gasteiger partial charge in [-0.3, -0.25) is 0 Å². The van der Waals surface area contributed by atoms with Crippen LogP contribution in [0, 0.1) is 13.8 Å². The molecule has 1 aromatic heterocycles. The number of aryl methyl sites for hydroxylation is 2. The van der Waals surface area contributed by atoms with E-state index in [1.165, 1.54) is 15.8 Å². The minimum Gasteiger partial charge on any atom is -0.343 e.